The van der Waals surface area contributed by atoms with E-state index in [0.29, 0.717) is 16.4 Å². The van der Waals surface area contributed by atoms with E-state index in [1.807, 2.05) is 11.4 Å². The van der Waals surface area contributed by atoms with Gasteiger partial charge in [-0.15, -0.1) is 16.4 Å². The van der Waals surface area contributed by atoms with Crippen LogP contribution in [-0.4, -0.2) is 21.1 Å². The quantitative estimate of drug-likeness (QED) is 0.573. The van der Waals surface area contributed by atoms with Crippen molar-refractivity contribution >= 4 is 45.7 Å². The van der Waals surface area contributed by atoms with Gasteiger partial charge in [-0.3, -0.25) is 0 Å². The summed E-state index contributed by atoms with van der Waals surface area (Å²) in [6.45, 7) is 0. The minimum absolute atomic E-state index is 0.415. The van der Waals surface area contributed by atoms with Crippen molar-refractivity contribution in [2.45, 2.75) is 0 Å². The summed E-state index contributed by atoms with van der Waals surface area (Å²) in [4.78, 5) is 1.01. The molecule has 0 unspecified atom stereocenters. The molecule has 19 heavy (non-hydrogen) atoms. The van der Waals surface area contributed by atoms with Gasteiger partial charge in [-0.05, 0) is 46.3 Å². The van der Waals surface area contributed by atoms with Gasteiger partial charge in [0, 0.05) is 14.7 Å². The Morgan fingerprint density at radius 3 is 3.16 bits per heavy atom. The molecule has 0 aliphatic carbocycles. The summed E-state index contributed by atoms with van der Waals surface area (Å²) in [5.41, 5.74) is 0. The third kappa shape index (κ3) is 2.60. The summed E-state index contributed by atoms with van der Waals surface area (Å²) in [6, 6.07) is 5.57. The zero-order chi connectivity index (χ0) is 13.2. The second-order valence-electron chi connectivity index (χ2n) is 3.55. The number of thiophene rings is 1. The molecule has 0 bridgehead atoms. The smallest absolute Gasteiger partial charge is 0.219 e. The maximum atomic E-state index is 5.30. The lowest BCUT2D eigenvalue weighted by molar-refractivity contribution is 0.573. The summed E-state index contributed by atoms with van der Waals surface area (Å²) < 4.78 is 8.27. The standard InChI is InChI=1S/C11H7BrN4OS2/c12-7-4-8(19-6-7)5-13-16-10(14-15-11(16)18)9-2-1-3-17-9/h1-6H,(H,15,18)/b13-5+. The van der Waals surface area contributed by atoms with Crippen LogP contribution in [0.2, 0.25) is 0 Å². The molecule has 3 aromatic rings. The fourth-order valence-electron chi connectivity index (χ4n) is 1.47. The molecule has 0 atom stereocenters. The van der Waals surface area contributed by atoms with Gasteiger partial charge in [0.15, 0.2) is 5.76 Å². The van der Waals surface area contributed by atoms with Crippen molar-refractivity contribution in [3.63, 3.8) is 0 Å². The van der Waals surface area contributed by atoms with Gasteiger partial charge in [-0.1, -0.05) is 0 Å². The number of hydrogen-bond acceptors (Lipinski definition) is 5. The highest BCUT2D eigenvalue weighted by Gasteiger charge is 2.10. The summed E-state index contributed by atoms with van der Waals surface area (Å²) in [5, 5.41) is 13.1. The summed E-state index contributed by atoms with van der Waals surface area (Å²) in [5.74, 6) is 1.15. The zero-order valence-corrected chi connectivity index (χ0v) is 12.6. The molecule has 0 fully saturated rings. The first kappa shape index (κ1) is 12.5. The number of rotatable bonds is 3. The van der Waals surface area contributed by atoms with E-state index < -0.39 is 0 Å². The summed E-state index contributed by atoms with van der Waals surface area (Å²) in [7, 11) is 0. The monoisotopic (exact) mass is 354 g/mol. The average molecular weight is 355 g/mol. The third-order valence-corrected chi connectivity index (χ3v) is 4.17. The zero-order valence-electron chi connectivity index (χ0n) is 9.41. The lowest BCUT2D eigenvalue weighted by Crippen LogP contribution is -1.93. The molecule has 3 aromatic heterocycles. The van der Waals surface area contributed by atoms with E-state index in [4.69, 9.17) is 16.6 Å². The molecule has 0 aliphatic rings. The van der Waals surface area contributed by atoms with Crippen molar-refractivity contribution < 1.29 is 4.42 Å². The predicted octanol–water partition coefficient (Wildman–Crippen LogP) is 3.91. The van der Waals surface area contributed by atoms with Crippen LogP contribution < -0.4 is 0 Å². The average Bonchev–Trinajstić information content (AvgIpc) is 3.08. The first-order valence-electron chi connectivity index (χ1n) is 5.24. The maximum Gasteiger partial charge on any atom is 0.219 e. The second-order valence-corrected chi connectivity index (χ2v) is 5.80. The Morgan fingerprint density at radius 2 is 2.47 bits per heavy atom. The van der Waals surface area contributed by atoms with Crippen molar-refractivity contribution in [2.75, 3.05) is 0 Å². The molecule has 0 saturated heterocycles. The van der Waals surface area contributed by atoms with Gasteiger partial charge in [-0.2, -0.15) is 9.78 Å². The summed E-state index contributed by atoms with van der Waals surface area (Å²) in [6.07, 6.45) is 3.31. The minimum atomic E-state index is 0.415. The SMILES string of the molecule is S=c1[nH]nc(-c2ccco2)n1/N=C/c1cc(Br)cs1. The number of hydrogen-bond donors (Lipinski definition) is 1. The molecule has 3 heterocycles. The first-order chi connectivity index (χ1) is 9.24. The van der Waals surface area contributed by atoms with Crippen molar-refractivity contribution in [2.24, 2.45) is 5.10 Å². The van der Waals surface area contributed by atoms with Crippen LogP contribution in [0.1, 0.15) is 4.88 Å². The second kappa shape index (κ2) is 5.24. The highest BCUT2D eigenvalue weighted by Crippen LogP contribution is 2.19. The Labute approximate surface area is 125 Å². The van der Waals surface area contributed by atoms with Gasteiger partial charge in [0.05, 0.1) is 12.5 Å². The summed E-state index contributed by atoms with van der Waals surface area (Å²) >= 11 is 10.1. The molecule has 8 heteroatoms. The number of aromatic nitrogens is 3. The van der Waals surface area contributed by atoms with Gasteiger partial charge in [0.2, 0.25) is 10.6 Å². The van der Waals surface area contributed by atoms with Crippen molar-refractivity contribution in [1.82, 2.24) is 14.9 Å². The Hall–Kier alpha value is -1.51. The molecule has 3 rings (SSSR count). The van der Waals surface area contributed by atoms with Crippen molar-refractivity contribution in [1.29, 1.82) is 0 Å². The van der Waals surface area contributed by atoms with Crippen molar-refractivity contribution in [3.05, 3.63) is 44.0 Å². The molecular weight excluding hydrogens is 348 g/mol. The molecule has 96 valence electrons. The molecule has 0 radical (unpaired) electrons. The van der Waals surface area contributed by atoms with E-state index in [1.165, 1.54) is 4.68 Å². The van der Waals surface area contributed by atoms with Crippen LogP contribution in [0.4, 0.5) is 0 Å². The van der Waals surface area contributed by atoms with Gasteiger partial charge >= 0.3 is 0 Å². The normalized spacial score (nSPS) is 11.4. The minimum Gasteiger partial charge on any atom is -0.461 e. The number of H-pyrrole nitrogens is 1. The molecule has 0 aliphatic heterocycles. The molecular formula is C11H7BrN4OS2. The van der Waals surface area contributed by atoms with Crippen LogP contribution in [0, 0.1) is 4.77 Å². The number of aromatic amines is 1. The Bertz CT molecular complexity index is 769. The van der Waals surface area contributed by atoms with Gasteiger partial charge in [0.25, 0.3) is 0 Å². The molecule has 0 spiro atoms. The Kier molecular flexibility index (Phi) is 3.45. The third-order valence-electron chi connectivity index (χ3n) is 2.28. The van der Waals surface area contributed by atoms with E-state index in [2.05, 4.69) is 31.2 Å². The van der Waals surface area contributed by atoms with Crippen LogP contribution in [0.25, 0.3) is 11.6 Å². The van der Waals surface area contributed by atoms with Crippen LogP contribution in [0.15, 0.2) is 43.8 Å². The fourth-order valence-corrected chi connectivity index (χ4v) is 2.95. The molecule has 5 nitrogen and oxygen atoms in total. The van der Waals surface area contributed by atoms with E-state index in [9.17, 15) is 0 Å². The van der Waals surface area contributed by atoms with Crippen LogP contribution >= 0.6 is 39.5 Å². The molecule has 0 aromatic carbocycles. The fraction of sp³-hybridized carbons (Fsp3) is 0. The number of halogens is 1. The number of furan rings is 1. The number of nitrogens with one attached hydrogen (secondary N) is 1. The van der Waals surface area contributed by atoms with Crippen LogP contribution in [-0.2, 0) is 0 Å². The van der Waals surface area contributed by atoms with Gasteiger partial charge < -0.3 is 4.42 Å². The Morgan fingerprint density at radius 1 is 1.58 bits per heavy atom. The van der Waals surface area contributed by atoms with Crippen LogP contribution in [0.3, 0.4) is 0 Å². The first-order valence-corrected chi connectivity index (χ1v) is 7.32. The van der Waals surface area contributed by atoms with Gasteiger partial charge in [-0.25, -0.2) is 5.10 Å². The highest BCUT2D eigenvalue weighted by atomic mass is 79.9. The number of nitrogens with zero attached hydrogens (tertiary/aromatic N) is 3. The molecule has 0 amide bonds. The Balaban J connectivity index is 1.99. The van der Waals surface area contributed by atoms with E-state index in [-0.39, 0.29) is 0 Å². The lowest BCUT2D eigenvalue weighted by atomic mass is 10.4. The van der Waals surface area contributed by atoms with E-state index >= 15 is 0 Å². The lowest BCUT2D eigenvalue weighted by Gasteiger charge is -1.95. The predicted molar refractivity (Wildman–Crippen MR) is 80.1 cm³/mol. The molecule has 0 saturated carbocycles. The maximum absolute atomic E-state index is 5.30. The van der Waals surface area contributed by atoms with E-state index in [0.717, 1.165) is 9.35 Å². The van der Waals surface area contributed by atoms with E-state index in [1.54, 1.807) is 35.9 Å². The topological polar surface area (TPSA) is 59.1 Å². The van der Waals surface area contributed by atoms with Gasteiger partial charge in [0.1, 0.15) is 0 Å². The largest absolute Gasteiger partial charge is 0.461 e. The molecule has 1 N–H and O–H groups in total. The van der Waals surface area contributed by atoms with Crippen LogP contribution in [0.5, 0.6) is 0 Å². The highest BCUT2D eigenvalue weighted by molar-refractivity contribution is 9.10. The van der Waals surface area contributed by atoms with Crippen molar-refractivity contribution in [3.8, 4) is 11.6 Å².